The summed E-state index contributed by atoms with van der Waals surface area (Å²) >= 11 is 3.14. The number of thioether (sulfide) groups is 2. The number of aryl methyl sites for hydroxylation is 1. The number of rotatable bonds is 4. The van der Waals surface area contributed by atoms with E-state index in [-0.39, 0.29) is 5.91 Å². The predicted octanol–water partition coefficient (Wildman–Crippen LogP) is 4.61. The molecule has 0 unspecified atom stereocenters. The van der Waals surface area contributed by atoms with Crippen LogP contribution in [0.25, 0.3) is 0 Å². The fraction of sp³-hybridized carbons (Fsp3) is 0.222. The number of anilines is 1. The van der Waals surface area contributed by atoms with Crippen molar-refractivity contribution in [2.45, 2.75) is 12.7 Å². The molecule has 0 aromatic heterocycles. The minimum Gasteiger partial charge on any atom is -0.495 e. The molecule has 24 heavy (non-hydrogen) atoms. The van der Waals surface area contributed by atoms with Gasteiger partial charge >= 0.3 is 0 Å². The van der Waals surface area contributed by atoms with E-state index in [1.807, 2.05) is 43.3 Å². The van der Waals surface area contributed by atoms with Crippen LogP contribution in [0.2, 0.25) is 0 Å². The van der Waals surface area contributed by atoms with Crippen molar-refractivity contribution in [3.8, 4) is 5.75 Å². The van der Waals surface area contributed by atoms with E-state index in [0.717, 1.165) is 21.4 Å². The molecule has 1 amide bonds. The van der Waals surface area contributed by atoms with Crippen LogP contribution in [0.5, 0.6) is 5.75 Å². The highest BCUT2D eigenvalue weighted by Gasteiger charge is 2.15. The Labute approximate surface area is 150 Å². The van der Waals surface area contributed by atoms with Crippen LogP contribution in [0.3, 0.4) is 0 Å². The van der Waals surface area contributed by atoms with Crippen LogP contribution in [0.4, 0.5) is 11.4 Å². The quantitative estimate of drug-likeness (QED) is 0.867. The number of carbonyl (C=O) groups excluding carboxylic acids is 1. The number of carbonyl (C=O) groups is 1. The van der Waals surface area contributed by atoms with Crippen LogP contribution >= 0.6 is 23.5 Å². The molecule has 1 aliphatic heterocycles. The van der Waals surface area contributed by atoms with Crippen LogP contribution < -0.4 is 10.1 Å². The maximum atomic E-state index is 12.2. The zero-order valence-electron chi connectivity index (χ0n) is 13.5. The molecule has 4 nitrogen and oxygen atoms in total. The molecule has 124 valence electrons. The maximum Gasteiger partial charge on any atom is 0.234 e. The molecule has 0 atom stereocenters. The summed E-state index contributed by atoms with van der Waals surface area (Å²) in [5, 5.41) is 2.91. The lowest BCUT2D eigenvalue weighted by Crippen LogP contribution is -2.16. The van der Waals surface area contributed by atoms with Crippen molar-refractivity contribution in [1.29, 1.82) is 0 Å². The zero-order valence-corrected chi connectivity index (χ0v) is 15.2. The largest absolute Gasteiger partial charge is 0.495 e. The van der Waals surface area contributed by atoms with Gasteiger partial charge in [0.1, 0.15) is 10.1 Å². The summed E-state index contributed by atoms with van der Waals surface area (Å²) < 4.78 is 6.22. The highest BCUT2D eigenvalue weighted by molar-refractivity contribution is 8.38. The molecule has 0 spiro atoms. The lowest BCUT2D eigenvalue weighted by atomic mass is 10.2. The molecule has 0 fully saturated rings. The fourth-order valence-electron chi connectivity index (χ4n) is 2.32. The summed E-state index contributed by atoms with van der Waals surface area (Å²) in [5.74, 6) is 1.82. The van der Waals surface area contributed by atoms with Crippen molar-refractivity contribution in [1.82, 2.24) is 0 Å². The number of nitrogens with one attached hydrogen (secondary N) is 1. The van der Waals surface area contributed by atoms with Crippen molar-refractivity contribution in [2.75, 3.05) is 18.2 Å². The Morgan fingerprint density at radius 2 is 2.17 bits per heavy atom. The van der Waals surface area contributed by atoms with Gasteiger partial charge in [-0.25, -0.2) is 4.99 Å². The average Bonchev–Trinajstić information content (AvgIpc) is 2.60. The number of aliphatic imine (C=N–C) groups is 1. The van der Waals surface area contributed by atoms with Crippen LogP contribution in [0.15, 0.2) is 47.5 Å². The summed E-state index contributed by atoms with van der Waals surface area (Å²) in [4.78, 5) is 16.8. The molecule has 2 aromatic carbocycles. The molecule has 1 heterocycles. The second-order valence-corrected chi connectivity index (χ2v) is 7.52. The first-order valence-electron chi connectivity index (χ1n) is 7.52. The molecular formula is C18H18N2O2S2. The minimum absolute atomic E-state index is 0.0638. The third kappa shape index (κ3) is 4.13. The number of nitrogens with zero attached hydrogens (tertiary/aromatic N) is 1. The Hall–Kier alpha value is -1.92. The number of methoxy groups -OCH3 is 1. The first-order valence-corrected chi connectivity index (χ1v) is 9.49. The molecule has 0 saturated carbocycles. The van der Waals surface area contributed by atoms with Crippen molar-refractivity contribution < 1.29 is 9.53 Å². The number of hydrogen-bond acceptors (Lipinski definition) is 5. The predicted molar refractivity (Wildman–Crippen MR) is 104 cm³/mol. The van der Waals surface area contributed by atoms with Crippen molar-refractivity contribution in [3.63, 3.8) is 0 Å². The van der Waals surface area contributed by atoms with Crippen LogP contribution in [-0.4, -0.2) is 23.1 Å². The number of benzene rings is 2. The van der Waals surface area contributed by atoms with E-state index in [4.69, 9.17) is 4.74 Å². The van der Waals surface area contributed by atoms with E-state index in [1.54, 1.807) is 18.9 Å². The van der Waals surface area contributed by atoms with Gasteiger partial charge in [-0.3, -0.25) is 4.79 Å². The van der Waals surface area contributed by atoms with E-state index in [9.17, 15) is 4.79 Å². The number of hydrogen-bond donors (Lipinski definition) is 1. The number of ether oxygens (including phenoxy) is 1. The molecule has 0 bridgehead atoms. The average molecular weight is 358 g/mol. The standard InChI is InChI=1S/C18H18N2O2S2/c1-12-7-8-16(22-2)15(9-12)19-17(21)11-24-18-20-14-6-4-3-5-13(14)10-23-18/h3-9H,10-11H2,1-2H3,(H,19,21). The van der Waals surface area contributed by atoms with Gasteiger partial charge in [0.2, 0.25) is 5.91 Å². The summed E-state index contributed by atoms with van der Waals surface area (Å²) in [5.41, 5.74) is 4.01. The number of para-hydroxylation sites is 1. The first-order chi connectivity index (χ1) is 11.7. The topological polar surface area (TPSA) is 50.7 Å². The number of amides is 1. The highest BCUT2D eigenvalue weighted by atomic mass is 32.2. The second-order valence-electron chi connectivity index (χ2n) is 5.34. The van der Waals surface area contributed by atoms with Crippen molar-refractivity contribution >= 4 is 45.2 Å². The molecule has 6 heteroatoms. The van der Waals surface area contributed by atoms with Gasteiger partial charge in [-0.15, -0.1) is 0 Å². The van der Waals surface area contributed by atoms with E-state index < -0.39 is 0 Å². The third-order valence-electron chi connectivity index (χ3n) is 3.51. The molecule has 0 saturated heterocycles. The molecule has 0 aliphatic carbocycles. The molecule has 1 aliphatic rings. The SMILES string of the molecule is COc1ccc(C)cc1NC(=O)CSC1=Nc2ccccc2CS1. The first kappa shape index (κ1) is 16.9. The Bertz CT molecular complexity index is 790. The number of fused-ring (bicyclic) bond motifs is 1. The summed E-state index contributed by atoms with van der Waals surface area (Å²) in [6.07, 6.45) is 0. The normalized spacial score (nSPS) is 13.0. The van der Waals surface area contributed by atoms with Crippen molar-refractivity contribution in [2.24, 2.45) is 4.99 Å². The smallest absolute Gasteiger partial charge is 0.234 e. The van der Waals surface area contributed by atoms with Gasteiger partial charge in [-0.05, 0) is 36.2 Å². The summed E-state index contributed by atoms with van der Waals surface area (Å²) in [6.45, 7) is 1.98. The Balaban J connectivity index is 1.61. The van der Waals surface area contributed by atoms with E-state index >= 15 is 0 Å². The lowest BCUT2D eigenvalue weighted by molar-refractivity contribution is -0.113. The molecule has 0 radical (unpaired) electrons. The van der Waals surface area contributed by atoms with Crippen LogP contribution in [-0.2, 0) is 10.5 Å². The molecule has 3 rings (SSSR count). The van der Waals surface area contributed by atoms with Gasteiger partial charge < -0.3 is 10.1 Å². The van der Waals surface area contributed by atoms with E-state index in [0.29, 0.717) is 17.2 Å². The summed E-state index contributed by atoms with van der Waals surface area (Å²) in [7, 11) is 1.60. The van der Waals surface area contributed by atoms with Gasteiger partial charge in [-0.1, -0.05) is 47.8 Å². The highest BCUT2D eigenvalue weighted by Crippen LogP contribution is 2.34. The van der Waals surface area contributed by atoms with Gasteiger partial charge in [-0.2, -0.15) is 0 Å². The summed E-state index contributed by atoms with van der Waals surface area (Å²) in [6, 6.07) is 13.8. The van der Waals surface area contributed by atoms with Gasteiger partial charge in [0.25, 0.3) is 0 Å². The van der Waals surface area contributed by atoms with Gasteiger partial charge in [0, 0.05) is 5.75 Å². The minimum atomic E-state index is -0.0638. The Kier molecular flexibility index (Phi) is 5.48. The van der Waals surface area contributed by atoms with Crippen LogP contribution in [0.1, 0.15) is 11.1 Å². The van der Waals surface area contributed by atoms with E-state index in [2.05, 4.69) is 16.4 Å². The van der Waals surface area contributed by atoms with E-state index in [1.165, 1.54) is 17.3 Å². The fourth-order valence-corrected chi connectivity index (χ4v) is 4.18. The zero-order chi connectivity index (χ0) is 16.9. The van der Waals surface area contributed by atoms with Gasteiger partial charge in [0.05, 0.1) is 24.2 Å². The van der Waals surface area contributed by atoms with Crippen molar-refractivity contribution in [3.05, 3.63) is 53.6 Å². The lowest BCUT2D eigenvalue weighted by Gasteiger charge is -2.14. The monoisotopic (exact) mass is 358 g/mol. The second kappa shape index (κ2) is 7.77. The molecule has 1 N–H and O–H groups in total. The Morgan fingerprint density at radius 3 is 3.00 bits per heavy atom. The third-order valence-corrected chi connectivity index (χ3v) is 5.76. The van der Waals surface area contributed by atoms with Gasteiger partial charge in [0.15, 0.2) is 0 Å². The van der Waals surface area contributed by atoms with Crippen LogP contribution in [0, 0.1) is 6.92 Å². The molecule has 2 aromatic rings. The maximum absolute atomic E-state index is 12.2. The Morgan fingerprint density at radius 1 is 1.33 bits per heavy atom. The molecular weight excluding hydrogens is 340 g/mol.